The van der Waals surface area contributed by atoms with Crippen LogP contribution in [0, 0.1) is 6.92 Å². The van der Waals surface area contributed by atoms with Crippen molar-refractivity contribution in [1.29, 1.82) is 0 Å². The van der Waals surface area contributed by atoms with Gasteiger partial charge in [0.2, 0.25) is 5.91 Å². The maximum atomic E-state index is 12.5. The van der Waals surface area contributed by atoms with Gasteiger partial charge in [0.15, 0.2) is 5.78 Å². The van der Waals surface area contributed by atoms with Crippen LogP contribution < -0.4 is 5.32 Å². The second-order valence-corrected chi connectivity index (χ2v) is 6.49. The number of hydrogen-bond acceptors (Lipinski definition) is 4. The summed E-state index contributed by atoms with van der Waals surface area (Å²) >= 11 is 0. The van der Waals surface area contributed by atoms with Crippen LogP contribution in [0.4, 0.5) is 5.69 Å². The van der Waals surface area contributed by atoms with Crippen LogP contribution in [0.3, 0.4) is 0 Å². The maximum Gasteiger partial charge on any atom is 0.339 e. The number of ether oxygens (including phenoxy) is 1. The maximum absolute atomic E-state index is 12.5. The van der Waals surface area contributed by atoms with Crippen LogP contribution >= 0.6 is 0 Å². The first kappa shape index (κ1) is 19.4. The molecular weight excluding hydrogens is 332 g/mol. The van der Waals surface area contributed by atoms with Crippen LogP contribution in [-0.4, -0.2) is 29.8 Å². The molecule has 0 fully saturated rings. The van der Waals surface area contributed by atoms with E-state index >= 15 is 0 Å². The monoisotopic (exact) mass is 356 g/mol. The lowest BCUT2D eigenvalue weighted by Gasteiger charge is -2.13. The van der Waals surface area contributed by atoms with Crippen molar-refractivity contribution in [3.8, 4) is 0 Å². The van der Waals surface area contributed by atoms with Gasteiger partial charge in [0, 0.05) is 18.3 Å². The van der Waals surface area contributed by atoms with Crippen LogP contribution in [0.2, 0.25) is 0 Å². The Labute approximate surface area is 152 Å². The van der Waals surface area contributed by atoms with E-state index < -0.39 is 5.97 Å². The third-order valence-electron chi connectivity index (χ3n) is 4.26. The molecule has 0 spiro atoms. The van der Waals surface area contributed by atoms with Crippen molar-refractivity contribution < 1.29 is 19.1 Å². The molecule has 0 saturated carbocycles. The minimum Gasteiger partial charge on any atom is -0.465 e. The predicted molar refractivity (Wildman–Crippen MR) is 99.7 cm³/mol. The normalized spacial score (nSPS) is 10.7. The molecule has 2 rings (SSSR count). The largest absolute Gasteiger partial charge is 0.465 e. The van der Waals surface area contributed by atoms with Crippen molar-refractivity contribution in [2.75, 3.05) is 12.4 Å². The van der Waals surface area contributed by atoms with E-state index in [1.54, 1.807) is 6.92 Å². The Morgan fingerprint density at radius 2 is 1.85 bits per heavy atom. The fraction of sp³-hybridized carbons (Fsp3) is 0.350. The van der Waals surface area contributed by atoms with Gasteiger partial charge in [-0.2, -0.15) is 0 Å². The fourth-order valence-corrected chi connectivity index (χ4v) is 2.99. The predicted octanol–water partition coefficient (Wildman–Crippen LogP) is 3.62. The molecule has 2 N–H and O–H groups in total. The average Bonchev–Trinajstić information content (AvgIpc) is 2.90. The number of Topliss-reactive ketones (excluding diaryl/α,β-unsaturated/α-hetero) is 1. The Bertz CT molecular complexity index is 849. The number of hydrogen-bond donors (Lipinski definition) is 2. The van der Waals surface area contributed by atoms with Gasteiger partial charge in [-0.15, -0.1) is 0 Å². The molecule has 0 saturated heterocycles. The molecule has 0 aliphatic heterocycles. The van der Waals surface area contributed by atoms with Crippen LogP contribution in [0.25, 0.3) is 0 Å². The SMILES string of the molecule is COC(=O)c1c(CC(=O)Nc2ccccc2C(C)C)[nH]c(C(C)=O)c1C. The number of benzene rings is 1. The van der Waals surface area contributed by atoms with Gasteiger partial charge in [0.25, 0.3) is 0 Å². The Hall–Kier alpha value is -2.89. The lowest BCUT2D eigenvalue weighted by atomic mass is 10.0. The molecule has 0 atom stereocenters. The van der Waals surface area contributed by atoms with Crippen LogP contribution in [0.5, 0.6) is 0 Å². The second-order valence-electron chi connectivity index (χ2n) is 6.49. The number of carbonyl (C=O) groups is 3. The number of ketones is 1. The number of rotatable bonds is 6. The summed E-state index contributed by atoms with van der Waals surface area (Å²) in [6.45, 7) is 7.17. The fourth-order valence-electron chi connectivity index (χ4n) is 2.99. The highest BCUT2D eigenvalue weighted by atomic mass is 16.5. The Morgan fingerprint density at radius 1 is 1.19 bits per heavy atom. The molecule has 0 radical (unpaired) electrons. The van der Waals surface area contributed by atoms with E-state index in [0.717, 1.165) is 11.3 Å². The number of aromatic amines is 1. The average molecular weight is 356 g/mol. The van der Waals surface area contributed by atoms with Crippen molar-refractivity contribution in [2.24, 2.45) is 0 Å². The molecule has 2 aromatic rings. The van der Waals surface area contributed by atoms with Crippen molar-refractivity contribution in [3.63, 3.8) is 0 Å². The number of amides is 1. The van der Waals surface area contributed by atoms with Gasteiger partial charge in [0.05, 0.1) is 24.8 Å². The lowest BCUT2D eigenvalue weighted by Crippen LogP contribution is -2.18. The van der Waals surface area contributed by atoms with Gasteiger partial charge >= 0.3 is 5.97 Å². The van der Waals surface area contributed by atoms with Crippen molar-refractivity contribution in [2.45, 2.75) is 40.0 Å². The van der Waals surface area contributed by atoms with Crippen LogP contribution in [0.1, 0.15) is 64.4 Å². The molecule has 1 aromatic carbocycles. The molecule has 0 aliphatic rings. The summed E-state index contributed by atoms with van der Waals surface area (Å²) in [7, 11) is 1.27. The Kier molecular flexibility index (Phi) is 5.97. The summed E-state index contributed by atoms with van der Waals surface area (Å²) in [5, 5.41) is 2.89. The van der Waals surface area contributed by atoms with E-state index in [4.69, 9.17) is 4.74 Å². The lowest BCUT2D eigenvalue weighted by molar-refractivity contribution is -0.115. The van der Waals surface area contributed by atoms with Crippen LogP contribution in [-0.2, 0) is 16.0 Å². The number of methoxy groups -OCH3 is 1. The molecule has 0 bridgehead atoms. The smallest absolute Gasteiger partial charge is 0.339 e. The Balaban J connectivity index is 2.31. The van der Waals surface area contributed by atoms with E-state index in [2.05, 4.69) is 10.3 Å². The standard InChI is InChI=1S/C20H24N2O4/c1-11(2)14-8-6-7-9-15(14)21-17(24)10-16-18(20(25)26-5)12(3)19(22-16)13(4)23/h6-9,11,22H,10H2,1-5H3,(H,21,24). The zero-order valence-corrected chi connectivity index (χ0v) is 15.7. The highest BCUT2D eigenvalue weighted by molar-refractivity contribution is 6.02. The molecule has 6 nitrogen and oxygen atoms in total. The summed E-state index contributed by atoms with van der Waals surface area (Å²) in [6, 6.07) is 7.59. The highest BCUT2D eigenvalue weighted by Crippen LogP contribution is 2.25. The van der Waals surface area contributed by atoms with Gasteiger partial charge in [-0.1, -0.05) is 32.0 Å². The van der Waals surface area contributed by atoms with E-state index in [-0.39, 0.29) is 29.6 Å². The first-order valence-electron chi connectivity index (χ1n) is 8.45. The summed E-state index contributed by atoms with van der Waals surface area (Å²) < 4.78 is 4.80. The summed E-state index contributed by atoms with van der Waals surface area (Å²) in [4.78, 5) is 39.3. The number of esters is 1. The van der Waals surface area contributed by atoms with E-state index in [1.165, 1.54) is 14.0 Å². The van der Waals surface area contributed by atoms with E-state index in [1.807, 2.05) is 38.1 Å². The second kappa shape index (κ2) is 7.99. The minimum absolute atomic E-state index is 0.0645. The number of anilines is 1. The van der Waals surface area contributed by atoms with E-state index in [9.17, 15) is 14.4 Å². The molecule has 1 aromatic heterocycles. The Morgan fingerprint density at radius 3 is 2.42 bits per heavy atom. The number of H-pyrrole nitrogens is 1. The number of nitrogens with one attached hydrogen (secondary N) is 2. The van der Waals surface area contributed by atoms with Gasteiger partial charge < -0.3 is 15.0 Å². The first-order chi connectivity index (χ1) is 12.3. The number of aromatic nitrogens is 1. The quantitative estimate of drug-likeness (QED) is 0.611. The third kappa shape index (κ3) is 4.02. The molecular formula is C20H24N2O4. The molecule has 138 valence electrons. The van der Waals surface area contributed by atoms with Crippen molar-refractivity contribution >= 4 is 23.3 Å². The van der Waals surface area contributed by atoms with Crippen molar-refractivity contribution in [3.05, 3.63) is 52.3 Å². The summed E-state index contributed by atoms with van der Waals surface area (Å²) in [5.74, 6) is -0.796. The first-order valence-corrected chi connectivity index (χ1v) is 8.45. The van der Waals surface area contributed by atoms with Gasteiger partial charge in [-0.05, 0) is 30.0 Å². The number of carbonyl (C=O) groups excluding carboxylic acids is 3. The zero-order chi connectivity index (χ0) is 19.4. The highest BCUT2D eigenvalue weighted by Gasteiger charge is 2.24. The molecule has 6 heteroatoms. The van der Waals surface area contributed by atoms with Crippen molar-refractivity contribution in [1.82, 2.24) is 4.98 Å². The molecule has 0 unspecified atom stereocenters. The molecule has 26 heavy (non-hydrogen) atoms. The summed E-state index contributed by atoms with van der Waals surface area (Å²) in [6.07, 6.45) is -0.0645. The topological polar surface area (TPSA) is 88.3 Å². The van der Waals surface area contributed by atoms with Gasteiger partial charge in [0.1, 0.15) is 0 Å². The van der Waals surface area contributed by atoms with Crippen LogP contribution in [0.15, 0.2) is 24.3 Å². The molecule has 0 aliphatic carbocycles. The molecule has 1 amide bonds. The zero-order valence-electron chi connectivity index (χ0n) is 15.7. The van der Waals surface area contributed by atoms with Gasteiger partial charge in [-0.3, -0.25) is 9.59 Å². The molecule has 1 heterocycles. The summed E-state index contributed by atoms with van der Waals surface area (Å²) in [5.41, 5.74) is 3.19. The number of para-hydroxylation sites is 1. The third-order valence-corrected chi connectivity index (χ3v) is 4.26. The van der Waals surface area contributed by atoms with E-state index in [0.29, 0.717) is 17.0 Å². The van der Waals surface area contributed by atoms with Gasteiger partial charge in [-0.25, -0.2) is 4.79 Å². The minimum atomic E-state index is -0.573.